The van der Waals surface area contributed by atoms with Crippen LogP contribution in [0.5, 0.6) is 0 Å². The monoisotopic (exact) mass is 264 g/mol. The van der Waals surface area contributed by atoms with E-state index >= 15 is 0 Å². The van der Waals surface area contributed by atoms with Crippen molar-refractivity contribution in [3.63, 3.8) is 0 Å². The number of nitrogens with one attached hydrogen (secondary N) is 1. The van der Waals surface area contributed by atoms with Gasteiger partial charge in [-0.1, -0.05) is 17.7 Å². The van der Waals surface area contributed by atoms with Crippen LogP contribution in [0.2, 0.25) is 0 Å². The molecule has 0 amide bonds. The molecule has 1 aliphatic rings. The molecule has 0 spiro atoms. The van der Waals surface area contributed by atoms with Crippen LogP contribution in [-0.2, 0) is 4.74 Å². The Bertz CT molecular complexity index is 420. The number of hydrogen-bond donors (Lipinski definition) is 2. The maximum absolute atomic E-state index is 5.64. The number of hydrazine groups is 1. The molecule has 3 N–H and O–H groups in total. The first-order valence-electron chi connectivity index (χ1n) is 6.26. The predicted molar refractivity (Wildman–Crippen MR) is 76.3 cm³/mol. The molecule has 1 atom stereocenters. The van der Waals surface area contributed by atoms with E-state index in [9.17, 15) is 0 Å². The van der Waals surface area contributed by atoms with Crippen LogP contribution < -0.4 is 11.3 Å². The van der Waals surface area contributed by atoms with Gasteiger partial charge in [0.15, 0.2) is 0 Å². The summed E-state index contributed by atoms with van der Waals surface area (Å²) in [5.41, 5.74) is 5.44. The van der Waals surface area contributed by atoms with Gasteiger partial charge >= 0.3 is 0 Å². The smallest absolute Gasteiger partial charge is 0.0876 e. The summed E-state index contributed by atoms with van der Waals surface area (Å²) in [5.74, 6) is 6.56. The van der Waals surface area contributed by atoms with Crippen LogP contribution in [-0.4, -0.2) is 18.4 Å². The van der Waals surface area contributed by atoms with E-state index in [1.54, 1.807) is 0 Å². The van der Waals surface area contributed by atoms with Crippen molar-refractivity contribution in [3.8, 4) is 0 Å². The third-order valence-corrected chi connectivity index (χ3v) is 4.10. The summed E-state index contributed by atoms with van der Waals surface area (Å²) in [4.78, 5) is 1.28. The summed E-state index contributed by atoms with van der Waals surface area (Å²) in [5, 5.41) is 0. The summed E-state index contributed by atoms with van der Waals surface area (Å²) in [6.45, 7) is 2.94. The minimum Gasteiger partial charge on any atom is -0.501 e. The van der Waals surface area contributed by atoms with Crippen molar-refractivity contribution in [3.05, 3.63) is 41.7 Å². The highest BCUT2D eigenvalue weighted by molar-refractivity contribution is 7.99. The van der Waals surface area contributed by atoms with Gasteiger partial charge in [-0.25, -0.2) is 0 Å². The van der Waals surface area contributed by atoms with Crippen molar-refractivity contribution >= 4 is 11.8 Å². The molecule has 0 fully saturated rings. The van der Waals surface area contributed by atoms with Crippen LogP contribution >= 0.6 is 11.8 Å². The minimum atomic E-state index is 0.191. The molecule has 0 saturated heterocycles. The zero-order chi connectivity index (χ0) is 12.8. The fraction of sp³-hybridized carbons (Fsp3) is 0.429. The van der Waals surface area contributed by atoms with Gasteiger partial charge in [0.25, 0.3) is 0 Å². The molecule has 4 heteroatoms. The van der Waals surface area contributed by atoms with Gasteiger partial charge < -0.3 is 4.74 Å². The molecule has 0 aromatic heterocycles. The van der Waals surface area contributed by atoms with Gasteiger partial charge in [-0.05, 0) is 37.5 Å². The van der Waals surface area contributed by atoms with Crippen molar-refractivity contribution in [1.82, 2.24) is 5.43 Å². The number of aryl methyl sites for hydroxylation is 1. The Morgan fingerprint density at radius 1 is 1.50 bits per heavy atom. The lowest BCUT2D eigenvalue weighted by Gasteiger charge is -2.22. The summed E-state index contributed by atoms with van der Waals surface area (Å²) >= 11 is 1.82. The molecule has 2 rings (SSSR count). The third-order valence-electron chi connectivity index (χ3n) is 3.02. The van der Waals surface area contributed by atoms with Gasteiger partial charge in [0, 0.05) is 10.6 Å². The highest BCUT2D eigenvalue weighted by atomic mass is 32.2. The van der Waals surface area contributed by atoms with E-state index < -0.39 is 0 Å². The van der Waals surface area contributed by atoms with E-state index in [1.165, 1.54) is 16.0 Å². The van der Waals surface area contributed by atoms with Gasteiger partial charge in [-0.2, -0.15) is 0 Å². The highest BCUT2D eigenvalue weighted by Gasteiger charge is 2.16. The lowest BCUT2D eigenvalue weighted by Crippen LogP contribution is -2.39. The Morgan fingerprint density at radius 3 is 3.06 bits per heavy atom. The van der Waals surface area contributed by atoms with E-state index in [-0.39, 0.29) is 6.04 Å². The van der Waals surface area contributed by atoms with E-state index in [0.717, 1.165) is 25.2 Å². The van der Waals surface area contributed by atoms with Gasteiger partial charge in [-0.3, -0.25) is 11.3 Å². The molecule has 0 bridgehead atoms. The summed E-state index contributed by atoms with van der Waals surface area (Å²) < 4.78 is 5.37. The van der Waals surface area contributed by atoms with Crippen LogP contribution in [0, 0.1) is 6.92 Å². The fourth-order valence-corrected chi connectivity index (χ4v) is 3.10. The lowest BCUT2D eigenvalue weighted by atomic mass is 10.0. The number of hydrogen-bond acceptors (Lipinski definition) is 4. The molecule has 1 unspecified atom stereocenters. The van der Waals surface area contributed by atoms with Crippen molar-refractivity contribution in [1.29, 1.82) is 0 Å². The number of thioether (sulfide) groups is 1. The number of rotatable bonds is 5. The van der Waals surface area contributed by atoms with Crippen LogP contribution in [0.4, 0.5) is 0 Å². The lowest BCUT2D eigenvalue weighted by molar-refractivity contribution is 0.220. The zero-order valence-electron chi connectivity index (χ0n) is 10.7. The molecule has 98 valence electrons. The van der Waals surface area contributed by atoms with E-state index in [4.69, 9.17) is 10.6 Å². The Hall–Kier alpha value is -0.970. The van der Waals surface area contributed by atoms with Gasteiger partial charge in [0.2, 0.25) is 0 Å². The largest absolute Gasteiger partial charge is 0.501 e. The van der Waals surface area contributed by atoms with Crippen molar-refractivity contribution < 1.29 is 4.74 Å². The molecule has 0 aliphatic carbocycles. The second kappa shape index (κ2) is 6.83. The van der Waals surface area contributed by atoms with Crippen molar-refractivity contribution in [2.75, 3.05) is 12.4 Å². The average molecular weight is 264 g/mol. The first-order chi connectivity index (χ1) is 8.79. The molecular formula is C14H20N2OS. The second-order valence-electron chi connectivity index (χ2n) is 4.51. The first-order valence-corrected chi connectivity index (χ1v) is 7.24. The molecule has 3 nitrogen and oxygen atoms in total. The molecule has 1 aliphatic heterocycles. The third kappa shape index (κ3) is 3.77. The Labute approximate surface area is 113 Å². The average Bonchev–Trinajstić information content (AvgIpc) is 2.41. The molecule has 0 saturated carbocycles. The molecule has 1 aromatic carbocycles. The minimum absolute atomic E-state index is 0.191. The Kier molecular flexibility index (Phi) is 5.11. The second-order valence-corrected chi connectivity index (χ2v) is 5.61. The van der Waals surface area contributed by atoms with Crippen LogP contribution in [0.25, 0.3) is 0 Å². The topological polar surface area (TPSA) is 47.3 Å². The van der Waals surface area contributed by atoms with Crippen LogP contribution in [0.3, 0.4) is 0 Å². The number of benzene rings is 1. The van der Waals surface area contributed by atoms with Crippen LogP contribution in [0.1, 0.15) is 18.4 Å². The van der Waals surface area contributed by atoms with Gasteiger partial charge in [-0.15, -0.1) is 11.8 Å². The maximum Gasteiger partial charge on any atom is 0.0876 e. The molecule has 1 heterocycles. The molecular weight excluding hydrogens is 244 g/mol. The summed E-state index contributed by atoms with van der Waals surface area (Å²) in [6.07, 6.45) is 4.02. The van der Waals surface area contributed by atoms with Gasteiger partial charge in [0.05, 0.1) is 18.9 Å². The standard InChI is InChI=1S/C14H20N2OS/c1-11-4-2-6-13(8-11)18-10-14(16-15)12-5-3-7-17-9-12/h2,4,6,8-9,14,16H,3,5,7,10,15H2,1H3. The zero-order valence-corrected chi connectivity index (χ0v) is 11.5. The van der Waals surface area contributed by atoms with Crippen molar-refractivity contribution in [2.45, 2.75) is 30.7 Å². The molecule has 0 radical (unpaired) electrons. The highest BCUT2D eigenvalue weighted by Crippen LogP contribution is 2.24. The first kappa shape index (κ1) is 13.5. The van der Waals surface area contributed by atoms with E-state index in [0.29, 0.717) is 0 Å². The van der Waals surface area contributed by atoms with E-state index in [2.05, 4.69) is 36.6 Å². The SMILES string of the molecule is Cc1cccc(SCC(NN)C2=COCCC2)c1. The van der Waals surface area contributed by atoms with E-state index in [1.807, 2.05) is 18.0 Å². The fourth-order valence-electron chi connectivity index (χ4n) is 1.99. The summed E-state index contributed by atoms with van der Waals surface area (Å²) in [6, 6.07) is 8.73. The quantitative estimate of drug-likeness (QED) is 0.487. The van der Waals surface area contributed by atoms with Crippen molar-refractivity contribution in [2.24, 2.45) is 5.84 Å². The Morgan fingerprint density at radius 2 is 2.39 bits per heavy atom. The predicted octanol–water partition coefficient (Wildman–Crippen LogP) is 2.61. The maximum atomic E-state index is 5.64. The van der Waals surface area contributed by atoms with Gasteiger partial charge in [0.1, 0.15) is 0 Å². The molecule has 1 aromatic rings. The number of ether oxygens (including phenoxy) is 1. The summed E-state index contributed by atoms with van der Waals surface area (Å²) in [7, 11) is 0. The number of nitrogens with two attached hydrogens (primary N) is 1. The molecule has 18 heavy (non-hydrogen) atoms. The van der Waals surface area contributed by atoms with Crippen LogP contribution in [0.15, 0.2) is 41.0 Å². The normalized spacial score (nSPS) is 16.9. The Balaban J connectivity index is 1.92.